The molecule has 4 heavy (non-hydrogen) atoms. The summed E-state index contributed by atoms with van der Waals surface area (Å²) in [6.45, 7) is 1.74. The Morgan fingerprint density at radius 2 is 2.00 bits per heavy atom. The van der Waals surface area contributed by atoms with Gasteiger partial charge in [0.25, 0.3) is 0 Å². The molecule has 0 spiro atoms. The van der Waals surface area contributed by atoms with Crippen LogP contribution < -0.4 is 0 Å². The van der Waals surface area contributed by atoms with Crippen LogP contribution in [-0.2, 0) is 0 Å². The summed E-state index contributed by atoms with van der Waals surface area (Å²) in [5.41, 5.74) is 2.38. The van der Waals surface area contributed by atoms with E-state index < -0.39 is 0 Å². The minimum absolute atomic E-state index is 1.74. The molecule has 0 aromatic heterocycles. The number of hydrogen-bond donors (Lipinski definition) is 0. The van der Waals surface area contributed by atoms with E-state index in [4.69, 9.17) is 0 Å². The fourth-order valence-corrected chi connectivity index (χ4v) is 0. The van der Waals surface area contributed by atoms with Crippen molar-refractivity contribution in [3.63, 3.8) is 0 Å². The van der Waals surface area contributed by atoms with E-state index in [-0.39, 0.29) is 0 Å². The summed E-state index contributed by atoms with van der Waals surface area (Å²) in [5, 5.41) is 0. The van der Waals surface area contributed by atoms with Gasteiger partial charge in [-0.1, -0.05) is 5.66 Å². The molecular weight excluding hydrogens is 67.0 g/mol. The highest BCUT2D eigenvalue weighted by atomic mass is 31.0. The summed E-state index contributed by atoms with van der Waals surface area (Å²) < 4.78 is 0. The van der Waals surface area contributed by atoms with Crippen molar-refractivity contribution in [3.05, 3.63) is 0 Å². The third-order valence-electron chi connectivity index (χ3n) is 0.112. The summed E-state index contributed by atoms with van der Waals surface area (Å²) >= 11 is 0. The molecule has 0 bridgehead atoms. The molecule has 0 saturated carbocycles. The van der Waals surface area contributed by atoms with Crippen molar-refractivity contribution in [3.8, 4) is 11.6 Å². The van der Waals surface area contributed by atoms with E-state index in [1.54, 1.807) is 6.92 Å². The van der Waals surface area contributed by atoms with E-state index in [0.717, 1.165) is 0 Å². The van der Waals surface area contributed by atoms with E-state index in [2.05, 4.69) is 20.8 Å². The smallest absolute Gasteiger partial charge is 0.0585 e. The van der Waals surface area contributed by atoms with Gasteiger partial charge in [-0.3, -0.25) is 0 Å². The molecule has 0 aliphatic rings. The number of rotatable bonds is 0. The first-order valence-corrected chi connectivity index (χ1v) is 1.42. The molecule has 20 valence electrons. The van der Waals surface area contributed by atoms with Crippen LogP contribution in [0.25, 0.3) is 0 Å². The maximum atomic E-state index is 3.56. The van der Waals surface area contributed by atoms with Crippen molar-refractivity contribution >= 4 is 9.24 Å². The zero-order chi connectivity index (χ0) is 3.41. The van der Waals surface area contributed by atoms with Gasteiger partial charge in [-0.15, -0.1) is 5.92 Å². The zero-order valence-electron chi connectivity index (χ0n) is 2.45. The molecule has 0 heterocycles. The van der Waals surface area contributed by atoms with Crippen LogP contribution >= 0.6 is 9.24 Å². The second kappa shape index (κ2) is 2.99. The lowest BCUT2D eigenvalue weighted by Crippen LogP contribution is -1.20. The highest BCUT2D eigenvalue weighted by molar-refractivity contribution is 7.23. The predicted molar refractivity (Wildman–Crippen MR) is 20.4 cm³/mol. The molecule has 0 aliphatic carbocycles. The Kier molecular flexibility index (Phi) is 2.98. The zero-order valence-corrected chi connectivity index (χ0v) is 3.34. The summed E-state index contributed by atoms with van der Waals surface area (Å²) in [7, 11) is 3.56. The molecule has 0 aliphatic heterocycles. The van der Waals surface area contributed by atoms with Crippen LogP contribution in [0.3, 0.4) is 0 Å². The van der Waals surface area contributed by atoms with E-state index in [1.165, 1.54) is 0 Å². The van der Waals surface area contributed by atoms with Crippen molar-refractivity contribution in [2.45, 2.75) is 6.92 Å². The van der Waals surface area contributed by atoms with Gasteiger partial charge in [-0.2, -0.15) is 0 Å². The molecule has 0 amide bonds. The van der Waals surface area contributed by atoms with Crippen LogP contribution in [0, 0.1) is 11.6 Å². The van der Waals surface area contributed by atoms with Gasteiger partial charge < -0.3 is 0 Å². The molecule has 0 aromatic carbocycles. The normalized spacial score (nSPS) is 3.50. The average molecular weight is 70.0 g/mol. The van der Waals surface area contributed by atoms with E-state index in [9.17, 15) is 0 Å². The molecule has 0 aromatic rings. The van der Waals surface area contributed by atoms with Crippen molar-refractivity contribution in [2.75, 3.05) is 0 Å². The molecule has 0 saturated heterocycles. The van der Waals surface area contributed by atoms with Crippen molar-refractivity contribution in [1.82, 2.24) is 0 Å². The maximum Gasteiger partial charge on any atom is 0.0585 e. The first-order chi connectivity index (χ1) is 1.91. The summed E-state index contributed by atoms with van der Waals surface area (Å²) in [5.74, 6) is 2.54. The van der Waals surface area contributed by atoms with E-state index in [1.807, 2.05) is 0 Å². The molecule has 0 fully saturated rings. The Morgan fingerprint density at radius 3 is 2.00 bits per heavy atom. The molecule has 2 radical (unpaired) electrons. The molecule has 1 heteroatoms. The molecule has 0 rings (SSSR count). The Bertz CT molecular complexity index is 40.0. The summed E-state index contributed by atoms with van der Waals surface area (Å²) in [6, 6.07) is 0. The Balaban J connectivity index is 2.83. The van der Waals surface area contributed by atoms with Crippen molar-refractivity contribution in [2.24, 2.45) is 0 Å². The third kappa shape index (κ3) is 1.99. The average Bonchev–Trinajstić information content (AvgIpc) is 1.37. The molecule has 0 unspecified atom stereocenters. The quantitative estimate of drug-likeness (QED) is 0.298. The van der Waals surface area contributed by atoms with Gasteiger partial charge in [0.05, 0.1) is 9.24 Å². The lowest BCUT2D eigenvalue weighted by atomic mass is 10.9. The third-order valence-corrected chi connectivity index (χ3v) is 0.335. The molecule has 0 atom stereocenters. The topological polar surface area (TPSA) is 0 Å². The van der Waals surface area contributed by atoms with Crippen LogP contribution in [-0.4, -0.2) is 0 Å². The monoisotopic (exact) mass is 70.0 g/mol. The number of hydrogen-bond acceptors (Lipinski definition) is 0. The van der Waals surface area contributed by atoms with Crippen LogP contribution in [0.2, 0.25) is 0 Å². The maximum absolute atomic E-state index is 3.56. The van der Waals surface area contributed by atoms with Gasteiger partial charge in [-0.05, 0) is 6.92 Å². The van der Waals surface area contributed by atoms with Gasteiger partial charge in [-0.25, -0.2) is 0 Å². The van der Waals surface area contributed by atoms with E-state index in [0.29, 0.717) is 0 Å². The van der Waals surface area contributed by atoms with E-state index >= 15 is 0 Å². The van der Waals surface area contributed by atoms with Crippen LogP contribution in [0.4, 0.5) is 0 Å². The van der Waals surface area contributed by atoms with Crippen molar-refractivity contribution in [1.29, 1.82) is 0 Å². The summed E-state index contributed by atoms with van der Waals surface area (Å²) in [6.07, 6.45) is 0. The van der Waals surface area contributed by atoms with Gasteiger partial charge >= 0.3 is 0 Å². The largest absolute Gasteiger partial charge is 0.101 e. The minimum atomic E-state index is 1.74. The molecule has 0 N–H and O–H groups in total. The first kappa shape index (κ1) is 3.99. The predicted octanol–water partition coefficient (Wildman–Crippen LogP) is 1.38. The second-order valence-electron chi connectivity index (χ2n) is 0.362. The fraction of sp³-hybridized carbons (Fsp3) is 0.333. The van der Waals surface area contributed by atoms with Gasteiger partial charge in [0.1, 0.15) is 0 Å². The van der Waals surface area contributed by atoms with Gasteiger partial charge in [0, 0.05) is 0 Å². The second-order valence-corrected chi connectivity index (χ2v) is 0.585. The van der Waals surface area contributed by atoms with Crippen LogP contribution in [0.1, 0.15) is 6.92 Å². The van der Waals surface area contributed by atoms with Crippen LogP contribution in [0.15, 0.2) is 0 Å². The van der Waals surface area contributed by atoms with Crippen molar-refractivity contribution < 1.29 is 0 Å². The standard InChI is InChI=1S/C3H3P/c1-2-3-4/h1H3. The SMILES string of the molecule is CC#C[P]. The Hall–Kier alpha value is -0.0100. The Labute approximate surface area is 28.8 Å². The Morgan fingerprint density at radius 1 is 1.75 bits per heavy atom. The molecule has 0 nitrogen and oxygen atoms in total. The first-order valence-electron chi connectivity index (χ1n) is 0.974. The minimum Gasteiger partial charge on any atom is -0.101 e. The molecular formula is C3H3P. The van der Waals surface area contributed by atoms with Gasteiger partial charge in [0.2, 0.25) is 0 Å². The summed E-state index contributed by atoms with van der Waals surface area (Å²) in [4.78, 5) is 0. The lowest BCUT2D eigenvalue weighted by molar-refractivity contribution is 1.94. The van der Waals surface area contributed by atoms with Gasteiger partial charge in [0.15, 0.2) is 0 Å². The highest BCUT2D eigenvalue weighted by Crippen LogP contribution is 1.64. The fourth-order valence-electron chi connectivity index (χ4n) is 0. The highest BCUT2D eigenvalue weighted by Gasteiger charge is 1.29. The van der Waals surface area contributed by atoms with Crippen LogP contribution in [0.5, 0.6) is 0 Å². The lowest BCUT2D eigenvalue weighted by Gasteiger charge is -1.37.